The van der Waals surface area contributed by atoms with E-state index >= 15 is 0 Å². The Morgan fingerprint density at radius 3 is 1.48 bits per heavy atom. The van der Waals surface area contributed by atoms with Crippen LogP contribution in [0.5, 0.6) is 0 Å². The molecular formula is C98H70BN5. The van der Waals surface area contributed by atoms with Crippen LogP contribution in [0.1, 0.15) is 70.5 Å². The van der Waals surface area contributed by atoms with Crippen molar-refractivity contribution in [3.63, 3.8) is 0 Å². The molecule has 0 fully saturated rings. The van der Waals surface area contributed by atoms with Gasteiger partial charge in [0.1, 0.15) is 0 Å². The molecule has 6 heteroatoms. The molecule has 0 spiro atoms. The summed E-state index contributed by atoms with van der Waals surface area (Å²) in [6.45, 7) is 12.8. The number of para-hydroxylation sites is 4. The standard InChI is InChI=1S/C98H70BN5/c1-97(2,3)63-43-49-86-77(53-63)78-54-64(98(4,5)6)44-50-87(78)101(86)67-56-80-79-55-66(100-83-37-20-18-33-73(83)74-34-19-21-38-84(74)100)47-51-88(79)104-91-58-90-92(76-36-23-35-75-71-31-16-14-29-69(71)68-28-13-15-30-70(68)72-32-17-22-39-85(72)103(90)94(75)76)96-93(91)99(82(57-67)95(80)104)81-48-42-62(60-26-11-8-12-27-60)52-89(81)102(96)65-45-40-61(41-46-65)59-24-9-7-10-25-59/h7-58H,1-6H3/i8D,11D,12D,18D,19D,20D,21D,26D,27D,33D,34D,37D,38D. The second kappa shape index (κ2) is 21.5. The van der Waals surface area contributed by atoms with Crippen LogP contribution in [0.4, 0.5) is 17.1 Å². The van der Waals surface area contributed by atoms with E-state index in [1.54, 1.807) is 4.57 Å². The van der Waals surface area contributed by atoms with E-state index in [0.29, 0.717) is 16.9 Å². The number of aromatic nitrogens is 4. The zero-order chi connectivity index (χ0) is 80.5. The van der Waals surface area contributed by atoms with Crippen molar-refractivity contribution in [2.45, 2.75) is 52.4 Å². The number of rotatable bonds is 5. The van der Waals surface area contributed by atoms with Crippen molar-refractivity contribution in [3.05, 3.63) is 326 Å². The molecule has 0 saturated heterocycles. The van der Waals surface area contributed by atoms with Crippen molar-refractivity contribution >= 4 is 165 Å². The molecule has 0 amide bonds. The van der Waals surface area contributed by atoms with E-state index in [1.807, 2.05) is 48.5 Å². The highest BCUT2D eigenvalue weighted by Crippen LogP contribution is 2.51. The van der Waals surface area contributed by atoms with Crippen LogP contribution in [0.15, 0.2) is 315 Å². The third-order valence-corrected chi connectivity index (χ3v) is 22.5. The second-order valence-corrected chi connectivity index (χ2v) is 30.2. The van der Waals surface area contributed by atoms with Gasteiger partial charge in [-0.15, -0.1) is 0 Å². The average Bonchev–Trinajstić information content (AvgIpc) is 1.53. The van der Waals surface area contributed by atoms with Crippen LogP contribution < -0.4 is 21.3 Å². The quantitative estimate of drug-likeness (QED) is 0.157. The Bertz CT molecular complexity index is 7840. The highest BCUT2D eigenvalue weighted by Gasteiger charge is 2.45. The van der Waals surface area contributed by atoms with E-state index in [0.717, 1.165) is 154 Å². The first-order valence-electron chi connectivity index (χ1n) is 42.1. The Balaban J connectivity index is 0.976. The van der Waals surface area contributed by atoms with Crippen LogP contribution >= 0.6 is 0 Å². The highest BCUT2D eigenvalue weighted by molar-refractivity contribution is 7.00. The number of nitrogens with zero attached hydrogens (tertiary/aromatic N) is 5. The lowest BCUT2D eigenvalue weighted by molar-refractivity contribution is 0.590. The Morgan fingerprint density at radius 2 is 0.808 bits per heavy atom. The minimum Gasteiger partial charge on any atom is -0.311 e. The fraction of sp³-hybridized carbons (Fsp3) is 0.0816. The van der Waals surface area contributed by atoms with E-state index < -0.39 is 73.2 Å². The lowest BCUT2D eigenvalue weighted by Crippen LogP contribution is -2.60. The lowest BCUT2D eigenvalue weighted by Gasteiger charge is -2.41. The largest absolute Gasteiger partial charge is 0.311 e. The molecule has 490 valence electrons. The summed E-state index contributed by atoms with van der Waals surface area (Å²) in [5.74, 6) is 0. The molecular weight excluding hydrogens is 1260 g/mol. The Morgan fingerprint density at radius 1 is 0.288 bits per heavy atom. The van der Waals surface area contributed by atoms with Crippen LogP contribution in [0.3, 0.4) is 0 Å². The summed E-state index contributed by atoms with van der Waals surface area (Å²) < 4.78 is 130. The SMILES string of the molecule is [2H]c1c([2H])c([2H])c(-c2ccc3c(c2)N(c2ccc(-c4ccccc4)cc2)c2c4c(cc5c2c2cccc6c7ccccc7c7ccccc7c7ccccc7n5c62)-n2c5ccc(-n6c7c([2H])c([2H])c([2H])c([2H])c7c7c([2H])c([2H])c([2H])c([2H])c76)cc5c5cc(-n6c7ccc(C(C)(C)C)cc7c7cc(C(C)(C)C)ccc76)cc(c52)B34)c([2H])c1[2H]. The van der Waals surface area contributed by atoms with Crippen molar-refractivity contribution in [2.24, 2.45) is 0 Å². The summed E-state index contributed by atoms with van der Waals surface area (Å²) in [6.07, 6.45) is 0. The molecule has 15 aromatic carbocycles. The van der Waals surface area contributed by atoms with Gasteiger partial charge >= 0.3 is 0 Å². The second-order valence-electron chi connectivity index (χ2n) is 30.2. The van der Waals surface area contributed by atoms with Crippen molar-refractivity contribution < 1.29 is 17.8 Å². The Labute approximate surface area is 620 Å². The number of hydrogen-bond donors (Lipinski definition) is 0. The van der Waals surface area contributed by atoms with E-state index in [9.17, 15) is 13.7 Å². The minimum absolute atomic E-state index is 0.00724. The minimum atomic E-state index is -0.639. The molecule has 0 saturated carbocycles. The lowest BCUT2D eigenvalue weighted by atomic mass is 9.33. The summed E-state index contributed by atoms with van der Waals surface area (Å²) in [4.78, 5) is 2.35. The molecule has 0 bridgehead atoms. The molecule has 5 nitrogen and oxygen atoms in total. The van der Waals surface area contributed by atoms with Crippen LogP contribution in [-0.2, 0) is 10.8 Å². The zero-order valence-electron chi connectivity index (χ0n) is 70.8. The first-order valence-corrected chi connectivity index (χ1v) is 35.6. The molecule has 20 aromatic rings. The fourth-order valence-corrected chi connectivity index (χ4v) is 17.8. The molecule has 22 rings (SSSR count). The summed E-state index contributed by atoms with van der Waals surface area (Å²) >= 11 is 0. The topological polar surface area (TPSA) is 22.4 Å². The van der Waals surface area contributed by atoms with Gasteiger partial charge in [-0.25, -0.2) is 0 Å². The van der Waals surface area contributed by atoms with Gasteiger partial charge in [-0.1, -0.05) is 260 Å². The van der Waals surface area contributed by atoms with Gasteiger partial charge in [-0.3, -0.25) is 0 Å². The van der Waals surface area contributed by atoms with Gasteiger partial charge in [0.25, 0.3) is 6.71 Å². The summed E-state index contributed by atoms with van der Waals surface area (Å²) in [5, 5.41) is 11.8. The summed E-state index contributed by atoms with van der Waals surface area (Å²) in [7, 11) is 0. The van der Waals surface area contributed by atoms with E-state index in [4.69, 9.17) is 4.11 Å². The maximum absolute atomic E-state index is 9.77. The molecule has 5 aromatic heterocycles. The third-order valence-electron chi connectivity index (χ3n) is 22.5. The molecule has 2 aliphatic rings. The van der Waals surface area contributed by atoms with Crippen molar-refractivity contribution in [3.8, 4) is 39.3 Å². The first-order chi connectivity index (χ1) is 56.3. The molecule has 7 heterocycles. The van der Waals surface area contributed by atoms with Gasteiger partial charge in [0.2, 0.25) is 0 Å². The Kier molecular flexibility index (Phi) is 9.80. The molecule has 0 atom stereocenters. The number of anilines is 3. The predicted octanol–water partition coefficient (Wildman–Crippen LogP) is 24.1. The van der Waals surface area contributed by atoms with Crippen molar-refractivity contribution in [1.82, 2.24) is 18.1 Å². The molecule has 2 aliphatic heterocycles. The van der Waals surface area contributed by atoms with Gasteiger partial charge in [-0.2, -0.15) is 0 Å². The Hall–Kier alpha value is -12.6. The average molecular weight is 1340 g/mol. The smallest absolute Gasteiger partial charge is 0.252 e. The van der Waals surface area contributed by atoms with Crippen molar-refractivity contribution in [2.75, 3.05) is 4.90 Å². The monoisotopic (exact) mass is 1340 g/mol. The number of fused-ring (bicyclic) bond motifs is 24. The van der Waals surface area contributed by atoms with Gasteiger partial charge in [0.15, 0.2) is 0 Å². The zero-order valence-corrected chi connectivity index (χ0v) is 57.8. The maximum atomic E-state index is 9.77. The normalized spacial score (nSPS) is 14.8. The molecule has 0 radical (unpaired) electrons. The number of benzene rings is 15. The van der Waals surface area contributed by atoms with Crippen LogP contribution in [0.2, 0.25) is 0 Å². The molecule has 0 N–H and O–H groups in total. The van der Waals surface area contributed by atoms with Crippen LogP contribution in [-0.4, -0.2) is 24.8 Å². The highest BCUT2D eigenvalue weighted by atomic mass is 15.2. The third kappa shape index (κ3) is 8.28. The summed E-state index contributed by atoms with van der Waals surface area (Å²) in [6, 6.07) is 78.3. The molecule has 0 aliphatic carbocycles. The van der Waals surface area contributed by atoms with Crippen molar-refractivity contribution in [1.29, 1.82) is 0 Å². The van der Waals surface area contributed by atoms with E-state index in [2.05, 4.69) is 248 Å². The molecule has 104 heavy (non-hydrogen) atoms. The van der Waals surface area contributed by atoms with Gasteiger partial charge in [0.05, 0.1) is 67.6 Å². The maximum Gasteiger partial charge on any atom is 0.252 e. The van der Waals surface area contributed by atoms with Crippen LogP contribution in [0.25, 0.3) is 164 Å². The first kappa shape index (κ1) is 47.5. The van der Waals surface area contributed by atoms with E-state index in [-0.39, 0.29) is 50.3 Å². The summed E-state index contributed by atoms with van der Waals surface area (Å²) in [5.41, 5.74) is 18.0. The predicted molar refractivity (Wildman–Crippen MR) is 444 cm³/mol. The van der Waals surface area contributed by atoms with Gasteiger partial charge in [0, 0.05) is 87.8 Å². The molecule has 0 unspecified atom stereocenters. The number of hydrogen-bond acceptors (Lipinski definition) is 1. The van der Waals surface area contributed by atoms with Crippen LogP contribution in [0, 0.1) is 0 Å². The van der Waals surface area contributed by atoms with Gasteiger partial charge in [-0.05, 0) is 179 Å². The van der Waals surface area contributed by atoms with E-state index in [1.165, 1.54) is 11.1 Å². The fourth-order valence-electron chi connectivity index (χ4n) is 17.8. The van der Waals surface area contributed by atoms with Gasteiger partial charge < -0.3 is 23.0 Å².